The molecule has 0 saturated carbocycles. The normalized spacial score (nSPS) is 13.1. The number of thiophene rings is 1. The standard InChI is InChI=1S/C21H25IO4S/c1-13(2)14(11-18(24)20-8-5-9-27-20)6-4-7-17(23)15-10-16(22)21(25)19(12-15)26-3/h4-5,8-10,12-13,17-18,23-25H,7,11H2,1-3H3/t6?,17-,18-/m1/s1. The summed E-state index contributed by atoms with van der Waals surface area (Å²) in [5.74, 6) is 0.675. The van der Waals surface area contributed by atoms with E-state index in [2.05, 4.69) is 19.6 Å². The molecule has 0 saturated heterocycles. The highest BCUT2D eigenvalue weighted by molar-refractivity contribution is 14.1. The number of hydrogen-bond donors (Lipinski definition) is 3. The predicted molar refractivity (Wildman–Crippen MR) is 117 cm³/mol. The summed E-state index contributed by atoms with van der Waals surface area (Å²) < 4.78 is 5.77. The molecule has 0 unspecified atom stereocenters. The van der Waals surface area contributed by atoms with Crippen molar-refractivity contribution in [3.8, 4) is 11.5 Å². The minimum absolute atomic E-state index is 0.0779. The molecule has 0 aliphatic heterocycles. The molecule has 0 aliphatic rings. The lowest BCUT2D eigenvalue weighted by Crippen LogP contribution is -2.01. The Morgan fingerprint density at radius 1 is 1.30 bits per heavy atom. The molecule has 4 nitrogen and oxygen atoms in total. The van der Waals surface area contributed by atoms with Crippen molar-refractivity contribution >= 4 is 33.9 Å². The number of ether oxygens (including phenoxy) is 1. The number of methoxy groups -OCH3 is 1. The van der Waals surface area contributed by atoms with Crippen LogP contribution in [0, 0.1) is 9.49 Å². The van der Waals surface area contributed by atoms with Crippen molar-refractivity contribution in [3.63, 3.8) is 0 Å². The number of phenolic OH excluding ortho intramolecular Hbond substituents is 1. The molecule has 146 valence electrons. The molecule has 0 radical (unpaired) electrons. The molecule has 0 amide bonds. The van der Waals surface area contributed by atoms with Crippen LogP contribution in [0.5, 0.6) is 11.5 Å². The molecule has 1 aromatic carbocycles. The van der Waals surface area contributed by atoms with E-state index in [1.54, 1.807) is 23.5 Å². The maximum atomic E-state index is 10.5. The lowest BCUT2D eigenvalue weighted by molar-refractivity contribution is 0.179. The monoisotopic (exact) mass is 500 g/mol. The average molecular weight is 500 g/mol. The van der Waals surface area contributed by atoms with E-state index in [0.717, 1.165) is 10.5 Å². The number of halogens is 1. The topological polar surface area (TPSA) is 69.9 Å². The Kier molecular flexibility index (Phi) is 8.38. The van der Waals surface area contributed by atoms with Crippen LogP contribution in [0.4, 0.5) is 0 Å². The Balaban J connectivity index is 2.13. The molecule has 1 heterocycles. The summed E-state index contributed by atoms with van der Waals surface area (Å²) in [5.41, 5.74) is 4.95. The Labute approximate surface area is 178 Å². The second kappa shape index (κ2) is 10.3. The highest BCUT2D eigenvalue weighted by Crippen LogP contribution is 2.35. The largest absolute Gasteiger partial charge is 0.504 e. The molecule has 3 N–H and O–H groups in total. The van der Waals surface area contributed by atoms with E-state index < -0.39 is 12.2 Å². The third kappa shape index (κ3) is 6.09. The van der Waals surface area contributed by atoms with E-state index in [4.69, 9.17) is 4.74 Å². The number of aromatic hydroxyl groups is 1. The van der Waals surface area contributed by atoms with Crippen molar-refractivity contribution in [2.75, 3.05) is 7.11 Å². The van der Waals surface area contributed by atoms with Crippen LogP contribution in [0.1, 0.15) is 49.3 Å². The van der Waals surface area contributed by atoms with E-state index >= 15 is 0 Å². The van der Waals surface area contributed by atoms with Gasteiger partial charge < -0.3 is 20.1 Å². The highest BCUT2D eigenvalue weighted by Gasteiger charge is 2.15. The van der Waals surface area contributed by atoms with Crippen LogP contribution in [-0.4, -0.2) is 22.4 Å². The molecule has 0 bridgehead atoms. The minimum atomic E-state index is -0.726. The van der Waals surface area contributed by atoms with E-state index in [9.17, 15) is 15.3 Å². The van der Waals surface area contributed by atoms with E-state index in [1.165, 1.54) is 7.11 Å². The van der Waals surface area contributed by atoms with E-state index in [1.807, 2.05) is 46.2 Å². The quantitative estimate of drug-likeness (QED) is 0.338. The summed E-state index contributed by atoms with van der Waals surface area (Å²) >= 11 is 3.55. The molecular weight excluding hydrogens is 475 g/mol. The maximum Gasteiger partial charge on any atom is 0.171 e. The number of hydrogen-bond acceptors (Lipinski definition) is 5. The van der Waals surface area contributed by atoms with Gasteiger partial charge in [-0.25, -0.2) is 0 Å². The fourth-order valence-corrected chi connectivity index (χ4v) is 3.97. The van der Waals surface area contributed by atoms with Crippen LogP contribution in [-0.2, 0) is 0 Å². The van der Waals surface area contributed by atoms with Crippen molar-refractivity contribution in [2.45, 2.75) is 38.9 Å². The second-order valence-electron chi connectivity index (χ2n) is 6.57. The van der Waals surface area contributed by atoms with Gasteiger partial charge in [0.2, 0.25) is 0 Å². The number of phenols is 1. The average Bonchev–Trinajstić information content (AvgIpc) is 3.17. The van der Waals surface area contributed by atoms with Gasteiger partial charge in [-0.3, -0.25) is 0 Å². The van der Waals surface area contributed by atoms with Gasteiger partial charge in [-0.05, 0) is 69.3 Å². The maximum absolute atomic E-state index is 10.5. The SMILES string of the molecule is COc1cc([C@H](O)CC=C=C(C[C@@H](O)c2cccs2)C(C)C)cc(I)c1O. The molecule has 2 atom stereocenters. The molecule has 2 aromatic rings. The number of rotatable bonds is 8. The molecule has 1 aromatic heterocycles. The van der Waals surface area contributed by atoms with E-state index in [0.29, 0.717) is 27.7 Å². The third-order valence-electron chi connectivity index (χ3n) is 4.27. The fourth-order valence-electron chi connectivity index (χ4n) is 2.63. The second-order valence-corrected chi connectivity index (χ2v) is 8.71. The highest BCUT2D eigenvalue weighted by atomic mass is 127. The van der Waals surface area contributed by atoms with Gasteiger partial charge in [0, 0.05) is 17.7 Å². The van der Waals surface area contributed by atoms with Crippen LogP contribution < -0.4 is 4.74 Å². The first-order valence-electron chi connectivity index (χ1n) is 8.73. The predicted octanol–water partition coefficient (Wildman–Crippen LogP) is 5.35. The van der Waals surface area contributed by atoms with Crippen molar-refractivity contribution in [1.29, 1.82) is 0 Å². The third-order valence-corrected chi connectivity index (χ3v) is 6.06. The molecular formula is C21H25IO4S. The van der Waals surface area contributed by atoms with Gasteiger partial charge in [-0.1, -0.05) is 19.9 Å². The molecule has 0 spiro atoms. The number of benzene rings is 1. The zero-order chi connectivity index (χ0) is 20.0. The Bertz CT molecular complexity index is 808. The van der Waals surface area contributed by atoms with Crippen molar-refractivity contribution in [1.82, 2.24) is 0 Å². The smallest absolute Gasteiger partial charge is 0.171 e. The van der Waals surface area contributed by atoms with Crippen LogP contribution in [0.15, 0.2) is 47.0 Å². The minimum Gasteiger partial charge on any atom is -0.504 e. The zero-order valence-electron chi connectivity index (χ0n) is 15.6. The fraction of sp³-hybridized carbons (Fsp3) is 0.381. The Morgan fingerprint density at radius 2 is 2.04 bits per heavy atom. The molecule has 0 fully saturated rings. The molecule has 2 rings (SSSR count). The van der Waals surface area contributed by atoms with Gasteiger partial charge in [0.1, 0.15) is 0 Å². The summed E-state index contributed by atoms with van der Waals surface area (Å²) in [4.78, 5) is 0.945. The van der Waals surface area contributed by atoms with Crippen LogP contribution in [0.2, 0.25) is 0 Å². The van der Waals surface area contributed by atoms with Crippen molar-refractivity contribution < 1.29 is 20.1 Å². The summed E-state index contributed by atoms with van der Waals surface area (Å²) in [5, 5.41) is 32.7. The first-order chi connectivity index (χ1) is 12.8. The first-order valence-corrected chi connectivity index (χ1v) is 10.7. The summed E-state index contributed by atoms with van der Waals surface area (Å²) in [6.07, 6.45) is 1.46. The lowest BCUT2D eigenvalue weighted by atomic mass is 9.97. The lowest BCUT2D eigenvalue weighted by Gasteiger charge is -2.14. The van der Waals surface area contributed by atoms with E-state index in [-0.39, 0.29) is 11.7 Å². The molecule has 27 heavy (non-hydrogen) atoms. The van der Waals surface area contributed by atoms with Crippen LogP contribution in [0.3, 0.4) is 0 Å². The van der Waals surface area contributed by atoms with Gasteiger partial charge in [0.15, 0.2) is 11.5 Å². The van der Waals surface area contributed by atoms with Crippen LogP contribution in [0.25, 0.3) is 0 Å². The summed E-state index contributed by atoms with van der Waals surface area (Å²) in [6, 6.07) is 7.25. The molecule has 6 heteroatoms. The van der Waals surface area contributed by atoms with Gasteiger partial charge >= 0.3 is 0 Å². The Hall–Kier alpha value is -1.31. The summed E-state index contributed by atoms with van der Waals surface area (Å²) in [7, 11) is 1.48. The van der Waals surface area contributed by atoms with Gasteiger partial charge in [-0.2, -0.15) is 0 Å². The van der Waals surface area contributed by atoms with Crippen LogP contribution >= 0.6 is 33.9 Å². The number of aliphatic hydroxyl groups is 2. The summed E-state index contributed by atoms with van der Waals surface area (Å²) in [6.45, 7) is 4.14. The molecule has 0 aliphatic carbocycles. The first kappa shape index (κ1) is 22.0. The zero-order valence-corrected chi connectivity index (χ0v) is 18.6. The van der Waals surface area contributed by atoms with Crippen molar-refractivity contribution in [3.05, 3.63) is 61.0 Å². The Morgan fingerprint density at radius 3 is 2.63 bits per heavy atom. The number of aliphatic hydroxyl groups excluding tert-OH is 2. The van der Waals surface area contributed by atoms with Gasteiger partial charge in [0.05, 0.1) is 22.9 Å². The van der Waals surface area contributed by atoms with Gasteiger partial charge in [0.25, 0.3) is 0 Å². The van der Waals surface area contributed by atoms with Crippen molar-refractivity contribution in [2.24, 2.45) is 5.92 Å². The van der Waals surface area contributed by atoms with Gasteiger partial charge in [-0.15, -0.1) is 17.1 Å².